The van der Waals surface area contributed by atoms with Gasteiger partial charge in [-0.1, -0.05) is 17.7 Å². The fraction of sp³-hybridized carbons (Fsp3) is 0.533. The van der Waals surface area contributed by atoms with Crippen molar-refractivity contribution >= 4 is 10.0 Å². The number of quaternary nitrogens is 1. The van der Waals surface area contributed by atoms with Crippen LogP contribution >= 0.6 is 0 Å². The predicted molar refractivity (Wildman–Crippen MR) is 80.5 cm³/mol. The Morgan fingerprint density at radius 3 is 2.52 bits per heavy atom. The van der Waals surface area contributed by atoms with E-state index in [1.165, 1.54) is 4.90 Å². The van der Waals surface area contributed by atoms with Gasteiger partial charge in [0.25, 0.3) is 0 Å². The van der Waals surface area contributed by atoms with Crippen molar-refractivity contribution < 1.29 is 13.3 Å². The number of piperazine rings is 1. The first kappa shape index (κ1) is 16.0. The van der Waals surface area contributed by atoms with E-state index in [9.17, 15) is 8.42 Å². The fourth-order valence-electron chi connectivity index (χ4n) is 2.75. The highest BCUT2D eigenvalue weighted by molar-refractivity contribution is 7.89. The van der Waals surface area contributed by atoms with Gasteiger partial charge in [0, 0.05) is 0 Å². The lowest BCUT2D eigenvalue weighted by molar-refractivity contribution is -0.903. The van der Waals surface area contributed by atoms with Crippen molar-refractivity contribution in [3.63, 3.8) is 0 Å². The molecular weight excluding hydrogens is 286 g/mol. The van der Waals surface area contributed by atoms with Crippen molar-refractivity contribution in [3.8, 4) is 6.07 Å². The minimum Gasteiger partial charge on any atom is -0.332 e. The van der Waals surface area contributed by atoms with E-state index in [-0.39, 0.29) is 0 Å². The average Bonchev–Trinajstić information content (AvgIpc) is 2.45. The Bertz CT molecular complexity index is 641. The predicted octanol–water partition coefficient (Wildman–Crippen LogP) is 0.106. The van der Waals surface area contributed by atoms with Crippen molar-refractivity contribution in [2.45, 2.75) is 25.2 Å². The first-order chi connectivity index (χ1) is 9.95. The summed E-state index contributed by atoms with van der Waals surface area (Å²) in [5, 5.41) is 8.61. The third-order valence-electron chi connectivity index (χ3n) is 3.97. The van der Waals surface area contributed by atoms with Crippen LogP contribution in [0.15, 0.2) is 23.1 Å². The lowest BCUT2D eigenvalue weighted by Crippen LogP contribution is -3.14. The van der Waals surface area contributed by atoms with Gasteiger partial charge in [0.1, 0.15) is 0 Å². The summed E-state index contributed by atoms with van der Waals surface area (Å²) < 4.78 is 27.0. The molecule has 1 aliphatic rings. The van der Waals surface area contributed by atoms with Crippen molar-refractivity contribution in [1.82, 2.24) is 4.31 Å². The van der Waals surface area contributed by atoms with Crippen LogP contribution in [0.2, 0.25) is 0 Å². The van der Waals surface area contributed by atoms with Gasteiger partial charge >= 0.3 is 0 Å². The molecule has 0 saturated carbocycles. The van der Waals surface area contributed by atoms with Gasteiger partial charge in [0.05, 0.1) is 50.1 Å². The van der Waals surface area contributed by atoms with Gasteiger partial charge in [-0.25, -0.2) is 8.42 Å². The molecule has 2 rings (SSSR count). The Balaban J connectivity index is 2.10. The van der Waals surface area contributed by atoms with Gasteiger partial charge in [-0.2, -0.15) is 9.57 Å². The summed E-state index contributed by atoms with van der Waals surface area (Å²) in [4.78, 5) is 1.72. The van der Waals surface area contributed by atoms with Gasteiger partial charge in [-0.05, 0) is 25.5 Å². The molecule has 0 atom stereocenters. The number of nitrogens with zero attached hydrogens (tertiary/aromatic N) is 2. The van der Waals surface area contributed by atoms with Crippen LogP contribution in [0, 0.1) is 25.2 Å². The number of hydrogen-bond acceptors (Lipinski definition) is 3. The number of nitriles is 1. The molecule has 1 N–H and O–H groups in total. The third-order valence-corrected chi connectivity index (χ3v) is 6.03. The highest BCUT2D eigenvalue weighted by atomic mass is 32.2. The normalized spacial score (nSPS) is 17.6. The van der Waals surface area contributed by atoms with Crippen LogP contribution in [-0.2, 0) is 10.0 Å². The van der Waals surface area contributed by atoms with Crippen LogP contribution in [0.3, 0.4) is 0 Å². The smallest absolute Gasteiger partial charge is 0.243 e. The Morgan fingerprint density at radius 2 is 1.95 bits per heavy atom. The minimum absolute atomic E-state index is 0.411. The molecule has 114 valence electrons. The largest absolute Gasteiger partial charge is 0.332 e. The zero-order valence-electron chi connectivity index (χ0n) is 12.6. The van der Waals surface area contributed by atoms with Crippen LogP contribution in [0.5, 0.6) is 0 Å². The Kier molecular flexibility index (Phi) is 4.99. The summed E-state index contributed by atoms with van der Waals surface area (Å²) in [6, 6.07) is 7.59. The van der Waals surface area contributed by atoms with E-state index in [1.807, 2.05) is 26.0 Å². The van der Waals surface area contributed by atoms with E-state index in [0.717, 1.165) is 30.8 Å². The van der Waals surface area contributed by atoms with Gasteiger partial charge in [-0.3, -0.25) is 0 Å². The van der Waals surface area contributed by atoms with Gasteiger partial charge < -0.3 is 4.90 Å². The van der Waals surface area contributed by atoms with E-state index in [1.54, 1.807) is 10.4 Å². The topological polar surface area (TPSA) is 65.6 Å². The van der Waals surface area contributed by atoms with Crippen LogP contribution in [0.25, 0.3) is 0 Å². The second-order valence-electron chi connectivity index (χ2n) is 5.58. The average molecular weight is 308 g/mol. The molecule has 0 bridgehead atoms. The van der Waals surface area contributed by atoms with Crippen LogP contribution in [0.4, 0.5) is 0 Å². The quantitative estimate of drug-likeness (QED) is 0.858. The van der Waals surface area contributed by atoms with E-state index < -0.39 is 10.0 Å². The highest BCUT2D eigenvalue weighted by Crippen LogP contribution is 2.20. The number of hydrogen-bond donors (Lipinski definition) is 1. The molecule has 1 aromatic carbocycles. The van der Waals surface area contributed by atoms with Crippen LogP contribution < -0.4 is 4.90 Å². The molecule has 0 unspecified atom stereocenters. The highest BCUT2D eigenvalue weighted by Gasteiger charge is 2.31. The van der Waals surface area contributed by atoms with Gasteiger partial charge in [0.2, 0.25) is 10.0 Å². The Hall–Kier alpha value is -1.42. The summed E-state index contributed by atoms with van der Waals surface area (Å²) in [7, 11) is -3.40. The number of sulfonamides is 1. The summed E-state index contributed by atoms with van der Waals surface area (Å²) in [6.45, 7) is 7.19. The van der Waals surface area contributed by atoms with E-state index in [0.29, 0.717) is 24.4 Å². The molecule has 0 aliphatic carbocycles. The SMILES string of the molecule is Cc1ccc(S(=O)(=O)N2CC[NH+](CCC#N)CC2)c(C)c1. The van der Waals surface area contributed by atoms with Crippen molar-refractivity contribution in [3.05, 3.63) is 29.3 Å². The molecule has 1 aliphatic heterocycles. The van der Waals surface area contributed by atoms with E-state index in [4.69, 9.17) is 5.26 Å². The van der Waals surface area contributed by atoms with E-state index in [2.05, 4.69) is 6.07 Å². The van der Waals surface area contributed by atoms with Crippen LogP contribution in [-0.4, -0.2) is 45.4 Å². The second kappa shape index (κ2) is 6.56. The number of rotatable bonds is 4. The Morgan fingerprint density at radius 1 is 1.29 bits per heavy atom. The molecule has 0 aromatic heterocycles. The maximum atomic E-state index is 12.7. The number of benzene rings is 1. The minimum atomic E-state index is -3.40. The number of aryl methyl sites for hydroxylation is 2. The molecule has 0 spiro atoms. The lowest BCUT2D eigenvalue weighted by Gasteiger charge is -2.31. The molecule has 1 aromatic rings. The van der Waals surface area contributed by atoms with Crippen molar-refractivity contribution in [2.24, 2.45) is 0 Å². The van der Waals surface area contributed by atoms with Crippen LogP contribution in [0.1, 0.15) is 17.5 Å². The first-order valence-corrected chi connectivity index (χ1v) is 8.67. The molecule has 0 amide bonds. The summed E-state index contributed by atoms with van der Waals surface area (Å²) >= 11 is 0. The molecule has 1 fully saturated rings. The standard InChI is InChI=1S/C15H21N3O2S/c1-13-4-5-15(14(2)12-13)21(19,20)18-10-8-17(9-11-18)7-3-6-16/h4-5,12H,3,7-11H2,1-2H3/p+1. The summed E-state index contributed by atoms with van der Waals surface area (Å²) in [6.07, 6.45) is 0.527. The van der Waals surface area contributed by atoms with Gasteiger partial charge in [-0.15, -0.1) is 0 Å². The van der Waals surface area contributed by atoms with Crippen molar-refractivity contribution in [2.75, 3.05) is 32.7 Å². The molecule has 1 heterocycles. The molecule has 6 heteroatoms. The summed E-state index contributed by atoms with van der Waals surface area (Å²) in [5.74, 6) is 0. The van der Waals surface area contributed by atoms with Crippen molar-refractivity contribution in [1.29, 1.82) is 5.26 Å². The maximum absolute atomic E-state index is 12.7. The van der Waals surface area contributed by atoms with Gasteiger partial charge in [0.15, 0.2) is 0 Å². The molecule has 5 nitrogen and oxygen atoms in total. The zero-order chi connectivity index (χ0) is 15.5. The third kappa shape index (κ3) is 3.62. The summed E-state index contributed by atoms with van der Waals surface area (Å²) in [5.41, 5.74) is 1.87. The first-order valence-electron chi connectivity index (χ1n) is 7.23. The fourth-order valence-corrected chi connectivity index (χ4v) is 4.40. The zero-order valence-corrected chi connectivity index (χ0v) is 13.4. The monoisotopic (exact) mass is 308 g/mol. The molecular formula is C15H22N3O2S+. The maximum Gasteiger partial charge on any atom is 0.243 e. The number of nitrogens with one attached hydrogen (secondary N) is 1. The second-order valence-corrected chi connectivity index (χ2v) is 7.49. The lowest BCUT2D eigenvalue weighted by atomic mass is 10.2. The molecule has 1 saturated heterocycles. The Labute approximate surface area is 126 Å². The van der Waals surface area contributed by atoms with E-state index >= 15 is 0 Å². The molecule has 0 radical (unpaired) electrons. The molecule has 21 heavy (non-hydrogen) atoms.